The Hall–Kier alpha value is -5.31. The SMILES string of the molecule is Cc1c(C#Cc2cnn(CCC/C=C/c3cccc4c3CN(C3CCC(C)NC3=O)C4=O)c2)sc2c1C(c1ccc(Cl)cc1)=NCc1nnc(C)n1-2. The highest BCUT2D eigenvalue weighted by molar-refractivity contribution is 7.15. The molecule has 0 radical (unpaired) electrons. The number of hydrogen-bond donors (Lipinski definition) is 1. The van der Waals surface area contributed by atoms with E-state index in [9.17, 15) is 9.59 Å². The molecule has 10 nitrogen and oxygen atoms in total. The van der Waals surface area contributed by atoms with Crippen molar-refractivity contribution in [3.8, 4) is 16.8 Å². The Kier molecular flexibility index (Phi) is 9.11. The summed E-state index contributed by atoms with van der Waals surface area (Å²) in [5.74, 6) is 8.25. The van der Waals surface area contributed by atoms with E-state index in [0.717, 1.165) is 86.4 Å². The van der Waals surface area contributed by atoms with Crippen LogP contribution in [0.2, 0.25) is 5.02 Å². The van der Waals surface area contributed by atoms with Crippen molar-refractivity contribution < 1.29 is 9.59 Å². The molecule has 2 unspecified atom stereocenters. The molecule has 1 fully saturated rings. The topological polar surface area (TPSA) is 110 Å². The zero-order valence-electron chi connectivity index (χ0n) is 29.2. The summed E-state index contributed by atoms with van der Waals surface area (Å²) in [6.07, 6.45) is 11.4. The lowest BCUT2D eigenvalue weighted by Crippen LogP contribution is -2.53. The lowest BCUT2D eigenvalue weighted by molar-refractivity contribution is -0.128. The number of piperidine rings is 1. The largest absolute Gasteiger partial charge is 0.352 e. The Morgan fingerprint density at radius 1 is 1.08 bits per heavy atom. The maximum atomic E-state index is 13.2. The molecule has 1 N–H and O–H groups in total. The number of benzene rings is 2. The molecule has 6 heterocycles. The van der Waals surface area contributed by atoms with Gasteiger partial charge < -0.3 is 10.2 Å². The lowest BCUT2D eigenvalue weighted by Gasteiger charge is -2.33. The summed E-state index contributed by atoms with van der Waals surface area (Å²) in [7, 11) is 0. The van der Waals surface area contributed by atoms with Crippen LogP contribution >= 0.6 is 22.9 Å². The van der Waals surface area contributed by atoms with Gasteiger partial charge in [-0.3, -0.25) is 23.8 Å². The smallest absolute Gasteiger partial charge is 0.255 e. The molecule has 3 aliphatic rings. The maximum Gasteiger partial charge on any atom is 0.255 e. The van der Waals surface area contributed by atoms with Crippen LogP contribution in [0.25, 0.3) is 11.1 Å². The second-order valence-electron chi connectivity index (χ2n) is 13.5. The molecule has 0 bridgehead atoms. The van der Waals surface area contributed by atoms with E-state index >= 15 is 0 Å². The van der Waals surface area contributed by atoms with Crippen LogP contribution in [0.15, 0.2) is 65.9 Å². The number of allylic oxidation sites excluding steroid dienone is 1. The van der Waals surface area contributed by atoms with Gasteiger partial charge in [0, 0.05) is 47.0 Å². The van der Waals surface area contributed by atoms with E-state index in [-0.39, 0.29) is 17.9 Å². The van der Waals surface area contributed by atoms with Crippen molar-refractivity contribution in [3.63, 3.8) is 0 Å². The molecule has 2 aromatic carbocycles. The van der Waals surface area contributed by atoms with Crippen LogP contribution in [0.3, 0.4) is 0 Å². The standard InChI is InChI=1S/C40H37ClN8O2S/c1-24-11-17-33(38(50)44-24)48-23-32-28(9-7-10-31(32)39(48)51)8-5-4-6-19-47-22-27(20-43-47)12-18-34-25(2)36-37(29-13-15-30(41)16-14-29)42-21-35-46-45-26(3)49(35)40(36)52-34/h5,7-10,13-16,20,22,24,33H,4,6,11,17,19,21,23H2,1-3H3,(H,44,50)/b8-5+. The van der Waals surface area contributed by atoms with Gasteiger partial charge in [0.1, 0.15) is 23.4 Å². The van der Waals surface area contributed by atoms with Gasteiger partial charge in [0.15, 0.2) is 5.82 Å². The Morgan fingerprint density at radius 3 is 2.75 bits per heavy atom. The zero-order chi connectivity index (χ0) is 35.9. The summed E-state index contributed by atoms with van der Waals surface area (Å²) in [6.45, 7) is 7.71. The van der Waals surface area contributed by atoms with Gasteiger partial charge in [-0.15, -0.1) is 21.5 Å². The van der Waals surface area contributed by atoms with Gasteiger partial charge in [-0.25, -0.2) is 0 Å². The second-order valence-corrected chi connectivity index (χ2v) is 14.9. The van der Waals surface area contributed by atoms with E-state index in [2.05, 4.69) is 56.1 Å². The van der Waals surface area contributed by atoms with E-state index in [1.165, 1.54) is 0 Å². The monoisotopic (exact) mass is 728 g/mol. The minimum absolute atomic E-state index is 0.0548. The lowest BCUT2D eigenvalue weighted by atomic mass is 10.00. The molecule has 5 aromatic rings. The van der Waals surface area contributed by atoms with Gasteiger partial charge in [0.2, 0.25) is 5.91 Å². The van der Waals surface area contributed by atoms with Crippen molar-refractivity contribution in [2.45, 2.75) is 78.2 Å². The van der Waals surface area contributed by atoms with Crippen molar-refractivity contribution in [2.75, 3.05) is 0 Å². The Labute approximate surface area is 311 Å². The first kappa shape index (κ1) is 33.8. The fourth-order valence-corrected chi connectivity index (χ4v) is 8.55. The third kappa shape index (κ3) is 6.37. The minimum Gasteiger partial charge on any atom is -0.352 e. The van der Waals surface area contributed by atoms with E-state index in [0.29, 0.717) is 30.1 Å². The number of thiophene rings is 1. The van der Waals surface area contributed by atoms with E-state index in [4.69, 9.17) is 16.6 Å². The van der Waals surface area contributed by atoms with Crippen LogP contribution < -0.4 is 5.32 Å². The molecule has 8 rings (SSSR count). The average molecular weight is 729 g/mol. The summed E-state index contributed by atoms with van der Waals surface area (Å²) in [6, 6.07) is 13.3. The van der Waals surface area contributed by atoms with Crippen molar-refractivity contribution in [3.05, 3.63) is 121 Å². The molecule has 3 aromatic heterocycles. The van der Waals surface area contributed by atoms with Crippen molar-refractivity contribution in [1.29, 1.82) is 0 Å². The van der Waals surface area contributed by atoms with Crippen LogP contribution in [-0.4, -0.2) is 59.1 Å². The second kappa shape index (κ2) is 14.0. The number of carbonyl (C=O) groups excluding carboxylic acids is 2. The summed E-state index contributed by atoms with van der Waals surface area (Å²) in [5, 5.41) is 18.0. The molecule has 1 saturated heterocycles. The molecular weight excluding hydrogens is 692 g/mol. The molecule has 2 amide bonds. The number of nitrogens with zero attached hydrogens (tertiary/aromatic N) is 7. The fraction of sp³-hybridized carbons (Fsp3) is 0.300. The van der Waals surface area contributed by atoms with Crippen LogP contribution in [0, 0.1) is 25.7 Å². The van der Waals surface area contributed by atoms with E-state index in [1.54, 1.807) is 16.2 Å². The van der Waals surface area contributed by atoms with Gasteiger partial charge in [-0.2, -0.15) is 5.10 Å². The number of nitrogens with one attached hydrogen (secondary N) is 1. The number of carbonyl (C=O) groups is 2. The van der Waals surface area contributed by atoms with Gasteiger partial charge in [-0.1, -0.05) is 59.9 Å². The van der Waals surface area contributed by atoms with Gasteiger partial charge >= 0.3 is 0 Å². The summed E-state index contributed by atoms with van der Waals surface area (Å²) >= 11 is 7.83. The average Bonchev–Trinajstić information content (AvgIpc) is 3.88. The van der Waals surface area contributed by atoms with Crippen LogP contribution in [0.1, 0.15) is 92.9 Å². The molecule has 12 heteroatoms. The summed E-state index contributed by atoms with van der Waals surface area (Å²) in [4.78, 5) is 33.6. The molecule has 262 valence electrons. The summed E-state index contributed by atoms with van der Waals surface area (Å²) < 4.78 is 4.02. The molecule has 0 spiro atoms. The molecule has 3 aliphatic heterocycles. The quantitative estimate of drug-likeness (QED) is 0.149. The Bertz CT molecular complexity index is 2340. The van der Waals surface area contributed by atoms with Crippen molar-refractivity contribution in [2.24, 2.45) is 4.99 Å². The fourth-order valence-electron chi connectivity index (χ4n) is 7.19. The van der Waals surface area contributed by atoms with Crippen LogP contribution in [0.5, 0.6) is 0 Å². The van der Waals surface area contributed by atoms with Gasteiger partial charge in [0.05, 0.1) is 22.3 Å². The number of aliphatic imine (C=N–C) groups is 1. The Morgan fingerprint density at radius 2 is 1.92 bits per heavy atom. The van der Waals surface area contributed by atoms with Crippen molar-refractivity contribution >= 4 is 46.5 Å². The summed E-state index contributed by atoms with van der Waals surface area (Å²) in [5.41, 5.74) is 7.56. The highest BCUT2D eigenvalue weighted by atomic mass is 35.5. The van der Waals surface area contributed by atoms with Gasteiger partial charge in [0.25, 0.3) is 5.91 Å². The normalized spacial score (nSPS) is 18.0. The predicted octanol–water partition coefficient (Wildman–Crippen LogP) is 6.66. The minimum atomic E-state index is -0.407. The maximum absolute atomic E-state index is 13.2. The molecule has 52 heavy (non-hydrogen) atoms. The first-order valence-corrected chi connectivity index (χ1v) is 18.7. The number of rotatable bonds is 7. The van der Waals surface area contributed by atoms with E-state index in [1.807, 2.05) is 73.4 Å². The Balaban J connectivity index is 0.931. The number of halogens is 1. The number of fused-ring (bicyclic) bond motifs is 4. The number of hydrogen-bond acceptors (Lipinski definition) is 7. The predicted molar refractivity (Wildman–Crippen MR) is 203 cm³/mol. The van der Waals surface area contributed by atoms with Crippen LogP contribution in [-0.2, 0) is 24.4 Å². The third-order valence-corrected chi connectivity index (χ3v) is 11.4. The molecule has 2 atom stereocenters. The van der Waals surface area contributed by atoms with Gasteiger partial charge in [-0.05, 0) is 81.3 Å². The third-order valence-electron chi connectivity index (χ3n) is 9.94. The first-order valence-electron chi connectivity index (χ1n) is 17.5. The van der Waals surface area contributed by atoms with Crippen LogP contribution in [0.4, 0.5) is 0 Å². The number of aromatic nitrogens is 5. The first-order chi connectivity index (χ1) is 25.2. The van der Waals surface area contributed by atoms with Crippen molar-refractivity contribution in [1.82, 2.24) is 34.8 Å². The zero-order valence-corrected chi connectivity index (χ0v) is 30.8. The number of aryl methyl sites for hydroxylation is 2. The molecule has 0 aliphatic carbocycles. The molecule has 0 saturated carbocycles. The number of amides is 2. The van der Waals surface area contributed by atoms with E-state index < -0.39 is 6.04 Å². The number of unbranched alkanes of at least 4 members (excludes halogenated alkanes) is 1. The highest BCUT2D eigenvalue weighted by Crippen LogP contribution is 2.37. The molecular formula is C40H37ClN8O2S. The highest BCUT2D eigenvalue weighted by Gasteiger charge is 2.39.